The maximum Gasteiger partial charge on any atom is 0.191 e. The van der Waals surface area contributed by atoms with Gasteiger partial charge in [-0.3, -0.25) is 4.68 Å². The molecule has 0 spiro atoms. The van der Waals surface area contributed by atoms with Gasteiger partial charge in [-0.05, 0) is 25.1 Å². The highest BCUT2D eigenvalue weighted by Gasteiger charge is 2.10. The molecule has 0 radical (unpaired) electrons. The van der Waals surface area contributed by atoms with Crippen LogP contribution in [-0.4, -0.2) is 46.6 Å². The predicted molar refractivity (Wildman–Crippen MR) is 119 cm³/mol. The molecule has 150 valence electrons. The van der Waals surface area contributed by atoms with Crippen molar-refractivity contribution < 1.29 is 9.84 Å². The molecule has 0 aliphatic carbocycles. The van der Waals surface area contributed by atoms with E-state index in [1.807, 2.05) is 20.0 Å². The third-order valence-electron chi connectivity index (χ3n) is 3.52. The summed E-state index contributed by atoms with van der Waals surface area (Å²) in [6.45, 7) is 3.52. The molecule has 27 heavy (non-hydrogen) atoms. The van der Waals surface area contributed by atoms with Crippen LogP contribution in [-0.2, 0) is 13.6 Å². The Morgan fingerprint density at radius 2 is 2.11 bits per heavy atom. The lowest BCUT2D eigenvalue weighted by Gasteiger charge is -2.16. The number of nitrogens with zero attached hydrogens (tertiary/aromatic N) is 3. The summed E-state index contributed by atoms with van der Waals surface area (Å²) >= 11 is 12.0. The molecule has 7 nitrogen and oxygen atoms in total. The number of ether oxygens (including phenoxy) is 1. The van der Waals surface area contributed by atoms with Crippen molar-refractivity contribution in [2.24, 2.45) is 12.0 Å². The Labute approximate surface area is 186 Å². The number of benzene rings is 1. The second-order valence-corrected chi connectivity index (χ2v) is 6.32. The maximum atomic E-state index is 10.1. The van der Waals surface area contributed by atoms with Crippen LogP contribution < -0.4 is 15.4 Å². The van der Waals surface area contributed by atoms with E-state index in [4.69, 9.17) is 27.9 Å². The number of halogens is 3. The monoisotopic (exact) mass is 527 g/mol. The van der Waals surface area contributed by atoms with E-state index in [1.165, 1.54) is 0 Å². The Hall–Kier alpha value is -1.23. The Morgan fingerprint density at radius 3 is 2.78 bits per heavy atom. The van der Waals surface area contributed by atoms with Crippen molar-refractivity contribution in [3.05, 3.63) is 46.2 Å². The van der Waals surface area contributed by atoms with Gasteiger partial charge in [0, 0.05) is 26.3 Å². The fraction of sp³-hybridized carbons (Fsp3) is 0.412. The summed E-state index contributed by atoms with van der Waals surface area (Å²) in [7, 11) is 1.87. The first-order chi connectivity index (χ1) is 12.5. The third kappa shape index (κ3) is 7.73. The van der Waals surface area contributed by atoms with Crippen molar-refractivity contribution in [2.45, 2.75) is 19.6 Å². The fourth-order valence-corrected chi connectivity index (χ4v) is 2.46. The zero-order chi connectivity index (χ0) is 18.9. The average Bonchev–Trinajstić information content (AvgIpc) is 3.03. The molecule has 0 saturated carbocycles. The van der Waals surface area contributed by atoms with Crippen LogP contribution in [0.3, 0.4) is 0 Å². The first-order valence-corrected chi connectivity index (χ1v) is 9.00. The van der Waals surface area contributed by atoms with E-state index in [2.05, 4.69) is 20.7 Å². The van der Waals surface area contributed by atoms with Crippen LogP contribution in [0.25, 0.3) is 0 Å². The number of aliphatic hydroxyl groups excluding tert-OH is 1. The molecule has 10 heteroatoms. The minimum absolute atomic E-state index is 0. The SMILES string of the molecule is CCNC(=NCc1ccnn1C)NCC(O)COc1cccc(Cl)c1Cl.I. The first-order valence-electron chi connectivity index (χ1n) is 8.25. The number of aromatic nitrogens is 2. The number of nitrogens with one attached hydrogen (secondary N) is 2. The molecule has 0 aliphatic rings. The number of aryl methyl sites for hydroxylation is 1. The Bertz CT molecular complexity index is 742. The summed E-state index contributed by atoms with van der Waals surface area (Å²) in [4.78, 5) is 4.48. The third-order valence-corrected chi connectivity index (χ3v) is 4.32. The van der Waals surface area contributed by atoms with Crippen LogP contribution in [0.5, 0.6) is 5.75 Å². The van der Waals surface area contributed by atoms with E-state index in [1.54, 1.807) is 29.1 Å². The van der Waals surface area contributed by atoms with Crippen LogP contribution in [0.1, 0.15) is 12.6 Å². The zero-order valence-electron chi connectivity index (χ0n) is 15.2. The summed E-state index contributed by atoms with van der Waals surface area (Å²) in [5, 5.41) is 21.2. The van der Waals surface area contributed by atoms with Crippen LogP contribution in [0, 0.1) is 0 Å². The number of aliphatic imine (C=N–C) groups is 1. The van der Waals surface area contributed by atoms with E-state index in [0.29, 0.717) is 34.8 Å². The average molecular weight is 528 g/mol. The molecule has 1 heterocycles. The molecule has 0 aliphatic heterocycles. The Kier molecular flexibility index (Phi) is 10.8. The van der Waals surface area contributed by atoms with Crippen molar-refractivity contribution >= 4 is 53.1 Å². The second-order valence-electron chi connectivity index (χ2n) is 5.54. The molecule has 1 atom stereocenters. The molecule has 0 saturated heterocycles. The van der Waals surface area contributed by atoms with Crippen molar-refractivity contribution in [2.75, 3.05) is 19.7 Å². The predicted octanol–water partition coefficient (Wildman–Crippen LogP) is 2.84. The highest BCUT2D eigenvalue weighted by atomic mass is 127. The molecule has 3 N–H and O–H groups in total. The standard InChI is InChI=1S/C17H23Cl2N5O2.HI/c1-3-20-17(21-9-12-7-8-23-24(12)2)22-10-13(25)11-26-15-6-4-5-14(18)16(15)19;/h4-8,13,25H,3,9-11H2,1-2H3,(H2,20,21,22);1H. The smallest absolute Gasteiger partial charge is 0.191 e. The lowest BCUT2D eigenvalue weighted by molar-refractivity contribution is 0.110. The Balaban J connectivity index is 0.00000364. The Morgan fingerprint density at radius 1 is 1.33 bits per heavy atom. The number of hydrogen-bond acceptors (Lipinski definition) is 4. The van der Waals surface area contributed by atoms with Gasteiger partial charge in [0.25, 0.3) is 0 Å². The summed E-state index contributed by atoms with van der Waals surface area (Å²) in [5.41, 5.74) is 0.988. The molecule has 0 bridgehead atoms. The lowest BCUT2D eigenvalue weighted by atomic mass is 10.3. The van der Waals surface area contributed by atoms with Crippen molar-refractivity contribution in [3.63, 3.8) is 0 Å². The van der Waals surface area contributed by atoms with Gasteiger partial charge in [-0.25, -0.2) is 4.99 Å². The number of rotatable bonds is 8. The van der Waals surface area contributed by atoms with Gasteiger partial charge in [0.2, 0.25) is 0 Å². The van der Waals surface area contributed by atoms with Gasteiger partial charge < -0.3 is 20.5 Å². The first kappa shape index (κ1) is 23.8. The second kappa shape index (κ2) is 12.3. The summed E-state index contributed by atoms with van der Waals surface area (Å²) in [6.07, 6.45) is 0.985. The van der Waals surface area contributed by atoms with Crippen LogP contribution >= 0.6 is 47.2 Å². The van der Waals surface area contributed by atoms with E-state index in [9.17, 15) is 5.11 Å². The largest absolute Gasteiger partial charge is 0.489 e. The molecule has 1 unspecified atom stereocenters. The molecule has 0 amide bonds. The van der Waals surface area contributed by atoms with E-state index < -0.39 is 6.10 Å². The molecule has 1 aromatic carbocycles. The maximum absolute atomic E-state index is 10.1. The van der Waals surface area contributed by atoms with Gasteiger partial charge in [-0.1, -0.05) is 29.3 Å². The zero-order valence-corrected chi connectivity index (χ0v) is 19.0. The van der Waals surface area contributed by atoms with Gasteiger partial charge in [0.05, 0.1) is 17.3 Å². The van der Waals surface area contributed by atoms with Gasteiger partial charge in [0.15, 0.2) is 5.96 Å². The summed E-state index contributed by atoms with van der Waals surface area (Å²) in [5.74, 6) is 1.04. The van der Waals surface area contributed by atoms with Crippen molar-refractivity contribution in [1.29, 1.82) is 0 Å². The van der Waals surface area contributed by atoms with Crippen LogP contribution in [0.2, 0.25) is 10.0 Å². The van der Waals surface area contributed by atoms with Crippen molar-refractivity contribution in [3.8, 4) is 5.75 Å². The van der Waals surface area contributed by atoms with E-state index in [-0.39, 0.29) is 37.1 Å². The summed E-state index contributed by atoms with van der Waals surface area (Å²) < 4.78 is 7.30. The van der Waals surface area contributed by atoms with Gasteiger partial charge in [-0.15, -0.1) is 24.0 Å². The quantitative estimate of drug-likeness (QED) is 0.279. The number of guanidine groups is 1. The molecule has 2 rings (SSSR count). The van der Waals surface area contributed by atoms with E-state index in [0.717, 1.165) is 5.69 Å². The number of aliphatic hydroxyl groups is 1. The highest BCUT2D eigenvalue weighted by molar-refractivity contribution is 14.0. The molecular weight excluding hydrogens is 504 g/mol. The summed E-state index contributed by atoms with van der Waals surface area (Å²) in [6, 6.07) is 7.02. The topological polar surface area (TPSA) is 83.7 Å². The van der Waals surface area contributed by atoms with Gasteiger partial charge >= 0.3 is 0 Å². The van der Waals surface area contributed by atoms with Crippen LogP contribution in [0.15, 0.2) is 35.5 Å². The highest BCUT2D eigenvalue weighted by Crippen LogP contribution is 2.31. The molecule has 1 aromatic heterocycles. The lowest BCUT2D eigenvalue weighted by Crippen LogP contribution is -2.42. The minimum atomic E-state index is -0.745. The normalized spacial score (nSPS) is 12.3. The number of hydrogen-bond donors (Lipinski definition) is 3. The minimum Gasteiger partial charge on any atom is -0.489 e. The molecule has 0 fully saturated rings. The van der Waals surface area contributed by atoms with Gasteiger partial charge in [0.1, 0.15) is 23.5 Å². The fourth-order valence-electron chi connectivity index (χ4n) is 2.11. The molecule has 2 aromatic rings. The van der Waals surface area contributed by atoms with E-state index >= 15 is 0 Å². The van der Waals surface area contributed by atoms with Crippen LogP contribution in [0.4, 0.5) is 0 Å². The molecular formula is C17H24Cl2IN5O2. The van der Waals surface area contributed by atoms with Crippen molar-refractivity contribution in [1.82, 2.24) is 20.4 Å². The van der Waals surface area contributed by atoms with Gasteiger partial charge in [-0.2, -0.15) is 5.10 Å².